The summed E-state index contributed by atoms with van der Waals surface area (Å²) in [5, 5.41) is 0. The molecular formula is C16H15O6P. The highest BCUT2D eigenvalue weighted by molar-refractivity contribution is 7.46. The van der Waals surface area contributed by atoms with Gasteiger partial charge < -0.3 is 9.26 Å². The number of phosphoric acid groups is 1. The average Bonchev–Trinajstić information content (AvgIpc) is 2.52. The molecule has 2 aromatic carbocycles. The van der Waals surface area contributed by atoms with Crippen LogP contribution in [0.3, 0.4) is 0 Å². The third kappa shape index (κ3) is 4.79. The van der Waals surface area contributed by atoms with Crippen LogP contribution < -0.4 is 9.26 Å². The molecule has 0 saturated carbocycles. The molecular weight excluding hydrogens is 319 g/mol. The van der Waals surface area contributed by atoms with E-state index in [2.05, 4.69) is 11.1 Å². The van der Waals surface area contributed by atoms with Gasteiger partial charge in [-0.2, -0.15) is 0 Å². The number of carbonyl (C=O) groups is 1. The normalized spacial score (nSPS) is 10.9. The number of phosphoric ester groups is 1. The lowest BCUT2D eigenvalue weighted by Crippen LogP contribution is -2.03. The van der Waals surface area contributed by atoms with E-state index in [1.165, 1.54) is 24.3 Å². The Bertz CT molecular complexity index is 750. The van der Waals surface area contributed by atoms with E-state index in [1.54, 1.807) is 30.3 Å². The lowest BCUT2D eigenvalue weighted by molar-refractivity contribution is 0.103. The van der Waals surface area contributed by atoms with Crippen LogP contribution >= 0.6 is 7.82 Å². The predicted octanol–water partition coefficient (Wildman–Crippen LogP) is 2.95. The fraction of sp³-hybridized carbons (Fsp3) is 0.0625. The van der Waals surface area contributed by atoms with Gasteiger partial charge in [-0.15, -0.1) is 0 Å². The third-order valence-electron chi connectivity index (χ3n) is 2.82. The lowest BCUT2D eigenvalue weighted by atomic mass is 10.0. The van der Waals surface area contributed by atoms with Crippen LogP contribution in [-0.2, 0) is 4.57 Å². The largest absolute Gasteiger partial charge is 0.524 e. The van der Waals surface area contributed by atoms with Crippen LogP contribution in [0.1, 0.15) is 15.9 Å². The summed E-state index contributed by atoms with van der Waals surface area (Å²) in [7, 11) is -4.79. The number of hydrogen-bond acceptors (Lipinski definition) is 4. The first kappa shape index (κ1) is 17.0. The van der Waals surface area contributed by atoms with Crippen LogP contribution in [0.2, 0.25) is 0 Å². The summed E-state index contributed by atoms with van der Waals surface area (Å²) >= 11 is 0. The minimum Gasteiger partial charge on any atom is -0.486 e. The van der Waals surface area contributed by atoms with Gasteiger partial charge in [0.25, 0.3) is 0 Å². The summed E-state index contributed by atoms with van der Waals surface area (Å²) in [6.45, 7) is 3.62. The summed E-state index contributed by atoms with van der Waals surface area (Å²) in [4.78, 5) is 30.4. The first-order chi connectivity index (χ1) is 10.9. The molecule has 2 rings (SSSR count). The van der Waals surface area contributed by atoms with Crippen molar-refractivity contribution in [1.82, 2.24) is 0 Å². The molecule has 0 unspecified atom stereocenters. The second kappa shape index (κ2) is 7.24. The first-order valence-corrected chi connectivity index (χ1v) is 8.16. The lowest BCUT2D eigenvalue weighted by Gasteiger charge is -2.13. The van der Waals surface area contributed by atoms with Crippen LogP contribution in [0.25, 0.3) is 0 Å². The Hall–Kier alpha value is -2.40. The van der Waals surface area contributed by atoms with Crippen LogP contribution in [0, 0.1) is 0 Å². The van der Waals surface area contributed by atoms with Crippen LogP contribution in [0.4, 0.5) is 0 Å². The molecule has 0 aromatic heterocycles. The second-order valence-electron chi connectivity index (χ2n) is 4.54. The monoisotopic (exact) mass is 334 g/mol. The number of ketones is 1. The molecule has 23 heavy (non-hydrogen) atoms. The number of hydrogen-bond donors (Lipinski definition) is 2. The van der Waals surface area contributed by atoms with Crippen molar-refractivity contribution in [3.8, 4) is 11.5 Å². The van der Waals surface area contributed by atoms with Gasteiger partial charge in [-0.25, -0.2) is 4.57 Å². The van der Waals surface area contributed by atoms with Crippen molar-refractivity contribution in [1.29, 1.82) is 0 Å². The van der Waals surface area contributed by atoms with Crippen molar-refractivity contribution in [2.75, 3.05) is 6.61 Å². The SMILES string of the molecule is C=CCOc1ccc(C(=O)c2ccccc2)cc1OP(=O)(O)O. The highest BCUT2D eigenvalue weighted by atomic mass is 31.2. The summed E-state index contributed by atoms with van der Waals surface area (Å²) in [5.41, 5.74) is 0.681. The molecule has 0 fully saturated rings. The highest BCUT2D eigenvalue weighted by Gasteiger charge is 2.21. The van der Waals surface area contributed by atoms with Crippen molar-refractivity contribution in [2.24, 2.45) is 0 Å². The molecule has 6 nitrogen and oxygen atoms in total. The van der Waals surface area contributed by atoms with Crippen molar-refractivity contribution in [3.63, 3.8) is 0 Å². The number of benzene rings is 2. The third-order valence-corrected chi connectivity index (χ3v) is 3.25. The molecule has 2 N–H and O–H groups in total. The van der Waals surface area contributed by atoms with Crippen molar-refractivity contribution < 1.29 is 28.4 Å². The van der Waals surface area contributed by atoms with Gasteiger partial charge in [-0.3, -0.25) is 14.6 Å². The first-order valence-electron chi connectivity index (χ1n) is 6.63. The van der Waals surface area contributed by atoms with E-state index >= 15 is 0 Å². The minimum atomic E-state index is -4.79. The standard InChI is InChI=1S/C16H15O6P/c1-2-10-21-14-9-8-13(11-15(14)22-23(18,19)20)16(17)12-6-4-3-5-7-12/h2-9,11H,1,10H2,(H2,18,19,20). The molecule has 0 radical (unpaired) electrons. The summed E-state index contributed by atoms with van der Waals surface area (Å²) in [6.07, 6.45) is 1.48. The van der Waals surface area contributed by atoms with Crippen LogP contribution in [-0.4, -0.2) is 22.2 Å². The second-order valence-corrected chi connectivity index (χ2v) is 5.70. The highest BCUT2D eigenvalue weighted by Crippen LogP contribution is 2.42. The topological polar surface area (TPSA) is 93.1 Å². The maximum atomic E-state index is 12.4. The quantitative estimate of drug-likeness (QED) is 0.459. The van der Waals surface area contributed by atoms with Gasteiger partial charge in [0.1, 0.15) is 6.61 Å². The van der Waals surface area contributed by atoms with E-state index in [4.69, 9.17) is 14.5 Å². The van der Waals surface area contributed by atoms with E-state index in [0.717, 1.165) is 0 Å². The van der Waals surface area contributed by atoms with Gasteiger partial charge in [0, 0.05) is 11.1 Å². The summed E-state index contributed by atoms with van der Waals surface area (Å²) in [6, 6.07) is 12.7. The molecule has 120 valence electrons. The van der Waals surface area contributed by atoms with Gasteiger partial charge >= 0.3 is 7.82 Å². The molecule has 0 saturated heterocycles. The zero-order chi connectivity index (χ0) is 16.9. The number of ether oxygens (including phenoxy) is 1. The van der Waals surface area contributed by atoms with E-state index in [9.17, 15) is 9.36 Å². The molecule has 2 aromatic rings. The molecule has 0 bridgehead atoms. The summed E-state index contributed by atoms with van der Waals surface area (Å²) < 4.78 is 21.0. The Morgan fingerprint density at radius 3 is 2.39 bits per heavy atom. The van der Waals surface area contributed by atoms with Gasteiger partial charge in [-0.1, -0.05) is 43.0 Å². The van der Waals surface area contributed by atoms with Gasteiger partial charge in [0.05, 0.1) is 0 Å². The molecule has 0 heterocycles. The van der Waals surface area contributed by atoms with E-state index < -0.39 is 7.82 Å². The Balaban J connectivity index is 2.38. The average molecular weight is 334 g/mol. The Kier molecular flexibility index (Phi) is 5.34. The van der Waals surface area contributed by atoms with Gasteiger partial charge in [-0.05, 0) is 18.2 Å². The smallest absolute Gasteiger partial charge is 0.486 e. The zero-order valence-electron chi connectivity index (χ0n) is 12.1. The zero-order valence-corrected chi connectivity index (χ0v) is 13.0. The van der Waals surface area contributed by atoms with E-state index in [0.29, 0.717) is 5.56 Å². The van der Waals surface area contributed by atoms with Crippen molar-refractivity contribution >= 4 is 13.6 Å². The molecule has 0 aliphatic heterocycles. The number of rotatable bonds is 7. The number of carbonyl (C=O) groups excluding carboxylic acids is 1. The maximum absolute atomic E-state index is 12.4. The van der Waals surface area contributed by atoms with E-state index in [-0.39, 0.29) is 29.5 Å². The maximum Gasteiger partial charge on any atom is 0.524 e. The molecule has 0 atom stereocenters. The molecule has 7 heteroatoms. The van der Waals surface area contributed by atoms with E-state index in [1.807, 2.05) is 0 Å². The molecule has 0 spiro atoms. The summed E-state index contributed by atoms with van der Waals surface area (Å²) in [5.74, 6) is -0.392. The van der Waals surface area contributed by atoms with Gasteiger partial charge in [0.2, 0.25) is 0 Å². The Labute approximate surface area is 133 Å². The Morgan fingerprint density at radius 1 is 1.09 bits per heavy atom. The predicted molar refractivity (Wildman–Crippen MR) is 84.7 cm³/mol. The van der Waals surface area contributed by atoms with Crippen molar-refractivity contribution in [3.05, 3.63) is 72.3 Å². The fourth-order valence-electron chi connectivity index (χ4n) is 1.87. The van der Waals surface area contributed by atoms with Crippen LogP contribution in [0.15, 0.2) is 61.2 Å². The molecule has 0 amide bonds. The molecule has 0 aliphatic rings. The van der Waals surface area contributed by atoms with Crippen LogP contribution in [0.5, 0.6) is 11.5 Å². The van der Waals surface area contributed by atoms with Gasteiger partial charge in [0.15, 0.2) is 17.3 Å². The van der Waals surface area contributed by atoms with Crippen molar-refractivity contribution in [2.45, 2.75) is 0 Å². The minimum absolute atomic E-state index is 0.109. The Morgan fingerprint density at radius 2 is 1.78 bits per heavy atom. The molecule has 0 aliphatic carbocycles. The fourth-order valence-corrected chi connectivity index (χ4v) is 2.27.